The number of H-pyrrole nitrogens is 1. The van der Waals surface area contributed by atoms with Crippen LogP contribution in [0.3, 0.4) is 0 Å². The van der Waals surface area contributed by atoms with Crippen LogP contribution in [-0.4, -0.2) is 9.55 Å². The van der Waals surface area contributed by atoms with Gasteiger partial charge in [-0.05, 0) is 65.7 Å². The molecule has 0 bridgehead atoms. The molecular weight excluding hydrogens is 416 g/mol. The highest BCUT2D eigenvalue weighted by Gasteiger charge is 2.13. The van der Waals surface area contributed by atoms with Crippen LogP contribution >= 0.6 is 0 Å². The van der Waals surface area contributed by atoms with E-state index in [1.165, 1.54) is 21.8 Å². The van der Waals surface area contributed by atoms with Crippen molar-refractivity contribution in [2.45, 2.75) is 0 Å². The van der Waals surface area contributed by atoms with Crippen molar-refractivity contribution in [3.05, 3.63) is 125 Å². The van der Waals surface area contributed by atoms with E-state index >= 15 is 0 Å². The molecule has 0 radical (unpaired) electrons. The predicted molar refractivity (Wildman–Crippen MR) is 142 cm³/mol. The highest BCUT2D eigenvalue weighted by molar-refractivity contribution is 6.10. The van der Waals surface area contributed by atoms with Crippen LogP contribution in [0.2, 0.25) is 0 Å². The van der Waals surface area contributed by atoms with E-state index in [0.29, 0.717) is 10.8 Å². The van der Waals surface area contributed by atoms with Gasteiger partial charge >= 0.3 is 0 Å². The minimum absolute atomic E-state index is 0.0629. The number of pyridine rings is 1. The summed E-state index contributed by atoms with van der Waals surface area (Å²) in [6.45, 7) is 0. The second-order valence-electron chi connectivity index (χ2n) is 8.68. The Bertz CT molecular complexity index is 1930. The highest BCUT2D eigenvalue weighted by atomic mass is 16.1. The second-order valence-corrected chi connectivity index (χ2v) is 8.68. The molecule has 0 unspecified atom stereocenters. The molecule has 1 N–H and O–H groups in total. The lowest BCUT2D eigenvalue weighted by atomic mass is 10.00. The SMILES string of the molecule is O=c1c2ccccc2[nH]c2ccc(-c3ccc4c(c3)c3ccccc3n4-c3ccccc3)cc12. The van der Waals surface area contributed by atoms with Crippen LogP contribution in [0.4, 0.5) is 0 Å². The summed E-state index contributed by atoms with van der Waals surface area (Å²) in [7, 11) is 0. The first kappa shape index (κ1) is 18.9. The Morgan fingerprint density at radius 2 is 1.12 bits per heavy atom. The van der Waals surface area contributed by atoms with Gasteiger partial charge in [-0.25, -0.2) is 0 Å². The van der Waals surface area contributed by atoms with Gasteiger partial charge in [-0.15, -0.1) is 0 Å². The summed E-state index contributed by atoms with van der Waals surface area (Å²) in [5.41, 5.74) is 7.41. The molecule has 2 heterocycles. The van der Waals surface area contributed by atoms with Crippen molar-refractivity contribution in [1.29, 1.82) is 0 Å². The number of benzene rings is 5. The smallest absolute Gasteiger partial charge is 0.197 e. The molecule has 0 atom stereocenters. The number of aromatic amines is 1. The Hall–Kier alpha value is -4.63. The molecule has 34 heavy (non-hydrogen) atoms. The van der Waals surface area contributed by atoms with E-state index < -0.39 is 0 Å². The Morgan fingerprint density at radius 1 is 0.500 bits per heavy atom. The van der Waals surface area contributed by atoms with E-state index in [2.05, 4.69) is 82.3 Å². The Balaban J connectivity index is 1.48. The van der Waals surface area contributed by atoms with Crippen molar-refractivity contribution in [2.24, 2.45) is 0 Å². The number of nitrogens with zero attached hydrogens (tertiary/aromatic N) is 1. The van der Waals surface area contributed by atoms with Crippen LogP contribution < -0.4 is 5.43 Å². The summed E-state index contributed by atoms with van der Waals surface area (Å²) in [6, 6.07) is 39.3. The molecule has 5 aromatic carbocycles. The van der Waals surface area contributed by atoms with Crippen LogP contribution in [0, 0.1) is 0 Å². The minimum atomic E-state index is 0.0629. The van der Waals surface area contributed by atoms with Crippen LogP contribution in [-0.2, 0) is 0 Å². The van der Waals surface area contributed by atoms with Gasteiger partial charge in [0.05, 0.1) is 11.0 Å². The third kappa shape index (κ3) is 2.74. The molecule has 0 saturated carbocycles. The Labute approximate surface area is 195 Å². The molecule has 0 saturated heterocycles. The first-order valence-electron chi connectivity index (χ1n) is 11.4. The van der Waals surface area contributed by atoms with Gasteiger partial charge in [0.25, 0.3) is 0 Å². The quantitative estimate of drug-likeness (QED) is 0.281. The second kappa shape index (κ2) is 7.19. The molecule has 7 aromatic rings. The molecule has 0 aliphatic carbocycles. The topological polar surface area (TPSA) is 37.8 Å². The van der Waals surface area contributed by atoms with Crippen molar-refractivity contribution in [3.63, 3.8) is 0 Å². The third-order valence-electron chi connectivity index (χ3n) is 6.73. The maximum atomic E-state index is 13.2. The fourth-order valence-corrected chi connectivity index (χ4v) is 5.11. The molecule has 160 valence electrons. The lowest BCUT2D eigenvalue weighted by molar-refractivity contribution is 1.18. The summed E-state index contributed by atoms with van der Waals surface area (Å²) in [6.07, 6.45) is 0. The van der Waals surface area contributed by atoms with E-state index in [1.807, 2.05) is 42.5 Å². The molecular formula is C31H20N2O. The van der Waals surface area contributed by atoms with Gasteiger partial charge in [0, 0.05) is 38.3 Å². The molecule has 0 spiro atoms. The minimum Gasteiger partial charge on any atom is -0.354 e. The van der Waals surface area contributed by atoms with Crippen LogP contribution in [0.15, 0.2) is 120 Å². The zero-order chi connectivity index (χ0) is 22.6. The molecule has 0 aliphatic rings. The number of fused-ring (bicyclic) bond motifs is 5. The lowest BCUT2D eigenvalue weighted by Crippen LogP contribution is -2.04. The van der Waals surface area contributed by atoms with E-state index in [-0.39, 0.29) is 5.43 Å². The van der Waals surface area contributed by atoms with Gasteiger partial charge in [-0.1, -0.05) is 60.7 Å². The number of hydrogen-bond donors (Lipinski definition) is 1. The van der Waals surface area contributed by atoms with Crippen LogP contribution in [0.1, 0.15) is 0 Å². The fourth-order valence-electron chi connectivity index (χ4n) is 5.11. The number of rotatable bonds is 2. The summed E-state index contributed by atoms with van der Waals surface area (Å²) >= 11 is 0. The predicted octanol–water partition coefficient (Wildman–Crippen LogP) is 7.45. The zero-order valence-corrected chi connectivity index (χ0v) is 18.3. The van der Waals surface area contributed by atoms with Crippen molar-refractivity contribution in [2.75, 3.05) is 0 Å². The molecule has 2 aromatic heterocycles. The lowest BCUT2D eigenvalue weighted by Gasteiger charge is -2.09. The van der Waals surface area contributed by atoms with Crippen LogP contribution in [0.5, 0.6) is 0 Å². The molecule has 0 amide bonds. The largest absolute Gasteiger partial charge is 0.354 e. The summed E-state index contributed by atoms with van der Waals surface area (Å²) < 4.78 is 2.31. The standard InChI is InChI=1S/C31H20N2O/c34-31-24-11-4-6-12-27(24)32-28-16-14-20(19-26(28)31)21-15-17-30-25(18-21)23-10-5-7-13-29(23)33(30)22-8-2-1-3-9-22/h1-19H,(H,32,34). The highest BCUT2D eigenvalue weighted by Crippen LogP contribution is 2.35. The van der Waals surface area contributed by atoms with Gasteiger partial charge in [0.1, 0.15) is 0 Å². The zero-order valence-electron chi connectivity index (χ0n) is 18.3. The number of nitrogens with one attached hydrogen (secondary N) is 1. The van der Waals surface area contributed by atoms with Crippen molar-refractivity contribution < 1.29 is 0 Å². The average molecular weight is 437 g/mol. The Morgan fingerprint density at radius 3 is 1.97 bits per heavy atom. The first-order chi connectivity index (χ1) is 16.8. The average Bonchev–Trinajstić information content (AvgIpc) is 3.23. The summed E-state index contributed by atoms with van der Waals surface area (Å²) in [4.78, 5) is 16.6. The number of hydrogen-bond acceptors (Lipinski definition) is 1. The van der Waals surface area contributed by atoms with Crippen molar-refractivity contribution in [1.82, 2.24) is 9.55 Å². The number of para-hydroxylation sites is 3. The molecule has 0 aliphatic heterocycles. The van der Waals surface area contributed by atoms with Gasteiger partial charge in [-0.2, -0.15) is 0 Å². The van der Waals surface area contributed by atoms with Crippen molar-refractivity contribution in [3.8, 4) is 16.8 Å². The monoisotopic (exact) mass is 436 g/mol. The van der Waals surface area contributed by atoms with E-state index in [4.69, 9.17) is 0 Å². The number of aromatic nitrogens is 2. The maximum Gasteiger partial charge on any atom is 0.197 e. The molecule has 3 heteroatoms. The summed E-state index contributed by atoms with van der Waals surface area (Å²) in [5, 5.41) is 3.84. The van der Waals surface area contributed by atoms with E-state index in [1.54, 1.807) is 0 Å². The van der Waals surface area contributed by atoms with Crippen molar-refractivity contribution >= 4 is 43.6 Å². The molecule has 0 fully saturated rings. The fraction of sp³-hybridized carbons (Fsp3) is 0. The van der Waals surface area contributed by atoms with Gasteiger partial charge in [0.15, 0.2) is 5.43 Å². The summed E-state index contributed by atoms with van der Waals surface area (Å²) in [5.74, 6) is 0. The van der Waals surface area contributed by atoms with E-state index in [9.17, 15) is 4.79 Å². The third-order valence-corrected chi connectivity index (χ3v) is 6.73. The molecule has 7 rings (SSSR count). The van der Waals surface area contributed by atoms with Gasteiger partial charge in [0.2, 0.25) is 0 Å². The van der Waals surface area contributed by atoms with Gasteiger partial charge < -0.3 is 9.55 Å². The normalized spacial score (nSPS) is 11.6. The van der Waals surface area contributed by atoms with Crippen LogP contribution in [0.25, 0.3) is 60.4 Å². The van der Waals surface area contributed by atoms with Gasteiger partial charge in [-0.3, -0.25) is 4.79 Å². The maximum absolute atomic E-state index is 13.2. The first-order valence-corrected chi connectivity index (χ1v) is 11.4. The Kier molecular flexibility index (Phi) is 4.00. The molecule has 3 nitrogen and oxygen atoms in total. The van der Waals surface area contributed by atoms with E-state index in [0.717, 1.165) is 27.8 Å².